The zero-order chi connectivity index (χ0) is 18.4. The van der Waals surface area contributed by atoms with Gasteiger partial charge in [0.25, 0.3) is 0 Å². The number of fused-ring (bicyclic) bond motifs is 1. The monoisotopic (exact) mass is 372 g/mol. The average Bonchev–Trinajstić information content (AvgIpc) is 3.42. The Labute approximate surface area is 152 Å². The van der Waals surface area contributed by atoms with Gasteiger partial charge >= 0.3 is 5.97 Å². The van der Waals surface area contributed by atoms with Gasteiger partial charge in [-0.05, 0) is 48.9 Å². The number of ether oxygens (including phenoxy) is 1. The van der Waals surface area contributed by atoms with Gasteiger partial charge in [0.05, 0.1) is 23.7 Å². The van der Waals surface area contributed by atoms with Crippen LogP contribution in [0.5, 0.6) is 0 Å². The van der Waals surface area contributed by atoms with E-state index in [9.17, 15) is 13.2 Å². The summed E-state index contributed by atoms with van der Waals surface area (Å²) >= 11 is 0. The van der Waals surface area contributed by atoms with Gasteiger partial charge in [-0.1, -0.05) is 24.3 Å². The number of methoxy groups -OCH3 is 1. The Kier molecular flexibility index (Phi) is 3.99. The molecule has 6 nitrogen and oxygen atoms in total. The molecular weight excluding hydrogens is 352 g/mol. The lowest BCUT2D eigenvalue weighted by atomic mass is 9.80. The first-order valence-corrected chi connectivity index (χ1v) is 10.1. The summed E-state index contributed by atoms with van der Waals surface area (Å²) in [5, 5.41) is -0.315. The molecule has 0 atom stereocenters. The Morgan fingerprint density at radius 1 is 1.19 bits per heavy atom. The molecule has 0 radical (unpaired) electrons. The van der Waals surface area contributed by atoms with Crippen LogP contribution in [0, 0.1) is 0 Å². The van der Waals surface area contributed by atoms with Crippen LogP contribution in [0.25, 0.3) is 0 Å². The van der Waals surface area contributed by atoms with Crippen LogP contribution in [0.3, 0.4) is 0 Å². The molecule has 1 saturated carbocycles. The Morgan fingerprint density at radius 3 is 2.42 bits per heavy atom. The molecule has 0 aliphatic heterocycles. The van der Waals surface area contributed by atoms with E-state index in [1.54, 1.807) is 12.1 Å². The lowest BCUT2D eigenvalue weighted by Crippen LogP contribution is -2.39. The molecule has 1 N–H and O–H groups in total. The van der Waals surface area contributed by atoms with Crippen molar-refractivity contribution in [3.63, 3.8) is 0 Å². The predicted octanol–water partition coefficient (Wildman–Crippen LogP) is 2.20. The number of nitrogens with one attached hydrogen (secondary N) is 1. The Bertz CT molecular complexity index is 942. The van der Waals surface area contributed by atoms with Crippen molar-refractivity contribution >= 4 is 21.7 Å². The van der Waals surface area contributed by atoms with Gasteiger partial charge in [0, 0.05) is 6.20 Å². The largest absolute Gasteiger partial charge is 0.468 e. The second-order valence-electron chi connectivity index (χ2n) is 6.97. The van der Waals surface area contributed by atoms with Gasteiger partial charge in [0.1, 0.15) is 5.41 Å². The van der Waals surface area contributed by atoms with Crippen molar-refractivity contribution in [3.8, 4) is 0 Å². The maximum Gasteiger partial charge on any atom is 0.318 e. The first-order chi connectivity index (χ1) is 12.4. The highest BCUT2D eigenvalue weighted by molar-refractivity contribution is 7.93. The number of carbonyl (C=O) groups excluding carboxylic acids is 1. The van der Waals surface area contributed by atoms with Crippen LogP contribution >= 0.6 is 0 Å². The summed E-state index contributed by atoms with van der Waals surface area (Å²) in [6, 6.07) is 11.2. The van der Waals surface area contributed by atoms with E-state index in [0.717, 1.165) is 11.1 Å². The van der Waals surface area contributed by atoms with Crippen molar-refractivity contribution in [2.45, 2.75) is 36.3 Å². The first kappa shape index (κ1) is 17.0. The van der Waals surface area contributed by atoms with E-state index in [4.69, 9.17) is 4.74 Å². The smallest absolute Gasteiger partial charge is 0.318 e. The fourth-order valence-electron chi connectivity index (χ4n) is 3.62. The highest BCUT2D eigenvalue weighted by Gasteiger charge is 2.47. The molecule has 1 aromatic carbocycles. The van der Waals surface area contributed by atoms with E-state index in [1.165, 1.54) is 13.3 Å². The number of pyridine rings is 1. The van der Waals surface area contributed by atoms with E-state index in [2.05, 4.69) is 9.71 Å². The van der Waals surface area contributed by atoms with Crippen molar-refractivity contribution in [1.82, 2.24) is 4.98 Å². The van der Waals surface area contributed by atoms with Crippen LogP contribution in [-0.4, -0.2) is 31.7 Å². The molecule has 2 aromatic rings. The average molecular weight is 372 g/mol. The summed E-state index contributed by atoms with van der Waals surface area (Å²) in [7, 11) is -2.01. The number of hydrogen-bond acceptors (Lipinski definition) is 5. The maximum atomic E-state index is 12.7. The van der Waals surface area contributed by atoms with Gasteiger partial charge in [0.15, 0.2) is 0 Å². The maximum absolute atomic E-state index is 12.7. The summed E-state index contributed by atoms with van der Waals surface area (Å²) in [6.07, 6.45) is 3.89. The summed E-state index contributed by atoms with van der Waals surface area (Å²) < 4.78 is 32.2. The van der Waals surface area contributed by atoms with Gasteiger partial charge in [-0.25, -0.2) is 8.42 Å². The molecule has 0 bridgehead atoms. The summed E-state index contributed by atoms with van der Waals surface area (Å²) in [5.41, 5.74) is 2.20. The SMILES string of the molecule is COC(=O)C1(c2cc(NS(=O)(=O)C3CC3)ccn2)Cc2ccccc2C1. The van der Waals surface area contributed by atoms with Crippen LogP contribution in [0.15, 0.2) is 42.6 Å². The van der Waals surface area contributed by atoms with Gasteiger partial charge in [-0.3, -0.25) is 14.5 Å². The topological polar surface area (TPSA) is 85.4 Å². The minimum absolute atomic E-state index is 0.315. The third-order valence-corrected chi connectivity index (χ3v) is 7.02. The second-order valence-corrected chi connectivity index (χ2v) is 8.93. The van der Waals surface area contributed by atoms with Crippen molar-refractivity contribution in [2.75, 3.05) is 11.8 Å². The standard InChI is InChI=1S/C19H20N2O4S/c1-25-18(22)19(11-13-4-2-3-5-14(13)12-19)17-10-15(8-9-20-17)21-26(23,24)16-6-7-16/h2-5,8-10,16H,6-7,11-12H2,1H3,(H,20,21). The number of nitrogens with zero attached hydrogens (tertiary/aromatic N) is 1. The van der Waals surface area contributed by atoms with E-state index in [0.29, 0.717) is 37.1 Å². The molecule has 0 unspecified atom stereocenters. The molecule has 0 amide bonds. The number of esters is 1. The molecule has 2 aliphatic rings. The highest BCUT2D eigenvalue weighted by atomic mass is 32.2. The van der Waals surface area contributed by atoms with Gasteiger partial charge in [0.2, 0.25) is 10.0 Å². The number of anilines is 1. The molecule has 26 heavy (non-hydrogen) atoms. The summed E-state index contributed by atoms with van der Waals surface area (Å²) in [5.74, 6) is -0.358. The highest BCUT2D eigenvalue weighted by Crippen LogP contribution is 2.41. The minimum Gasteiger partial charge on any atom is -0.468 e. The molecule has 2 aliphatic carbocycles. The fourth-order valence-corrected chi connectivity index (χ4v) is 5.00. The number of aromatic nitrogens is 1. The molecule has 1 heterocycles. The molecule has 4 rings (SSSR count). The third kappa shape index (κ3) is 2.86. The lowest BCUT2D eigenvalue weighted by Gasteiger charge is -2.25. The molecular formula is C19H20N2O4S. The molecule has 1 aromatic heterocycles. The van der Waals surface area contributed by atoms with Crippen molar-refractivity contribution in [2.24, 2.45) is 0 Å². The van der Waals surface area contributed by atoms with Crippen LogP contribution in [-0.2, 0) is 37.8 Å². The van der Waals surface area contributed by atoms with Crippen LogP contribution < -0.4 is 4.72 Å². The molecule has 1 fully saturated rings. The number of sulfonamides is 1. The van der Waals surface area contributed by atoms with Gasteiger partial charge < -0.3 is 4.74 Å². The molecule has 136 valence electrons. The number of benzene rings is 1. The quantitative estimate of drug-likeness (QED) is 0.813. The second kappa shape index (κ2) is 6.09. The fraction of sp³-hybridized carbons (Fsp3) is 0.368. The van der Waals surface area contributed by atoms with E-state index in [-0.39, 0.29) is 11.2 Å². The summed E-state index contributed by atoms with van der Waals surface area (Å²) in [6.45, 7) is 0. The third-order valence-electron chi connectivity index (χ3n) is 5.15. The summed E-state index contributed by atoms with van der Waals surface area (Å²) in [4.78, 5) is 17.1. The van der Waals surface area contributed by atoms with Crippen molar-refractivity contribution in [1.29, 1.82) is 0 Å². The number of hydrogen-bond donors (Lipinski definition) is 1. The predicted molar refractivity (Wildman–Crippen MR) is 97.3 cm³/mol. The Morgan fingerprint density at radius 2 is 1.85 bits per heavy atom. The zero-order valence-corrected chi connectivity index (χ0v) is 15.3. The van der Waals surface area contributed by atoms with Crippen LogP contribution in [0.1, 0.15) is 29.7 Å². The normalized spacial score (nSPS) is 18.2. The molecule has 0 saturated heterocycles. The Hall–Kier alpha value is -2.41. The number of rotatable bonds is 5. The van der Waals surface area contributed by atoms with Gasteiger partial charge in [-0.2, -0.15) is 0 Å². The lowest BCUT2D eigenvalue weighted by molar-refractivity contribution is -0.147. The number of carbonyl (C=O) groups is 1. The molecule has 0 spiro atoms. The first-order valence-electron chi connectivity index (χ1n) is 8.58. The van der Waals surface area contributed by atoms with Crippen molar-refractivity contribution < 1.29 is 17.9 Å². The minimum atomic E-state index is -3.37. The van der Waals surface area contributed by atoms with E-state index < -0.39 is 15.4 Å². The van der Waals surface area contributed by atoms with E-state index in [1.807, 2.05) is 24.3 Å². The van der Waals surface area contributed by atoms with E-state index >= 15 is 0 Å². The molecule has 7 heteroatoms. The zero-order valence-electron chi connectivity index (χ0n) is 14.4. The van der Waals surface area contributed by atoms with Crippen LogP contribution in [0.4, 0.5) is 5.69 Å². The van der Waals surface area contributed by atoms with Gasteiger partial charge in [-0.15, -0.1) is 0 Å². The Balaban J connectivity index is 1.72. The van der Waals surface area contributed by atoms with Crippen LogP contribution in [0.2, 0.25) is 0 Å². The van der Waals surface area contributed by atoms with Crippen molar-refractivity contribution in [3.05, 3.63) is 59.4 Å².